The second-order valence-corrected chi connectivity index (χ2v) is 9.87. The van der Waals surface area contributed by atoms with Crippen LogP contribution in [0.2, 0.25) is 5.02 Å². The number of ether oxygens (including phenoxy) is 2. The van der Waals surface area contributed by atoms with Crippen LogP contribution in [0.5, 0.6) is 11.5 Å². The number of alkyl halides is 3. The van der Waals surface area contributed by atoms with E-state index in [1.165, 1.54) is 24.3 Å². The molecule has 0 saturated carbocycles. The summed E-state index contributed by atoms with van der Waals surface area (Å²) in [5.41, 5.74) is -1.33. The van der Waals surface area contributed by atoms with Gasteiger partial charge >= 0.3 is 12.2 Å². The summed E-state index contributed by atoms with van der Waals surface area (Å²) in [6.07, 6.45) is -3.60. The minimum atomic E-state index is -4.77. The molecule has 0 bridgehead atoms. The number of carbonyl (C=O) groups is 3. The summed E-state index contributed by atoms with van der Waals surface area (Å²) >= 11 is 7.99. The highest BCUT2D eigenvalue weighted by molar-refractivity contribution is 14.1. The molecular formula is C27H18ClF4IN2O5. The molecule has 3 aromatic carbocycles. The first-order valence-electron chi connectivity index (χ1n) is 11.5. The Balaban J connectivity index is 1.70. The van der Waals surface area contributed by atoms with Gasteiger partial charge in [0.15, 0.2) is 11.5 Å². The van der Waals surface area contributed by atoms with Gasteiger partial charge < -0.3 is 9.47 Å². The molecule has 1 fully saturated rings. The van der Waals surface area contributed by atoms with Gasteiger partial charge in [-0.2, -0.15) is 13.2 Å². The Morgan fingerprint density at radius 3 is 2.48 bits per heavy atom. The fourth-order valence-corrected chi connectivity index (χ4v) is 4.74. The van der Waals surface area contributed by atoms with Crippen LogP contribution < -0.4 is 19.7 Å². The Kier molecular flexibility index (Phi) is 8.68. The molecule has 0 unspecified atom stereocenters. The topological polar surface area (TPSA) is 84.9 Å². The molecule has 13 heteroatoms. The number of hydrogen-bond donors (Lipinski definition) is 1. The summed E-state index contributed by atoms with van der Waals surface area (Å²) in [7, 11) is 0. The highest BCUT2D eigenvalue weighted by Crippen LogP contribution is 2.38. The zero-order valence-corrected chi connectivity index (χ0v) is 23.4. The zero-order chi connectivity index (χ0) is 29.2. The molecule has 0 spiro atoms. The van der Waals surface area contributed by atoms with Gasteiger partial charge in [-0.3, -0.25) is 14.9 Å². The van der Waals surface area contributed by atoms with E-state index in [1.54, 1.807) is 25.1 Å². The number of hydrogen-bond acceptors (Lipinski definition) is 5. The van der Waals surface area contributed by atoms with Crippen molar-refractivity contribution in [2.45, 2.75) is 19.7 Å². The van der Waals surface area contributed by atoms with Gasteiger partial charge in [0, 0.05) is 0 Å². The number of barbiturate groups is 1. The fourth-order valence-electron chi connectivity index (χ4n) is 3.76. The second-order valence-electron chi connectivity index (χ2n) is 8.30. The third-order valence-electron chi connectivity index (χ3n) is 5.53. The summed E-state index contributed by atoms with van der Waals surface area (Å²) in [4.78, 5) is 38.8. The molecular weight excluding hydrogens is 671 g/mol. The van der Waals surface area contributed by atoms with Gasteiger partial charge in [0.1, 0.15) is 18.0 Å². The van der Waals surface area contributed by atoms with Crippen LogP contribution in [0.1, 0.15) is 23.6 Å². The normalized spacial score (nSPS) is 14.9. The van der Waals surface area contributed by atoms with Gasteiger partial charge in [-0.25, -0.2) is 14.1 Å². The van der Waals surface area contributed by atoms with Crippen LogP contribution in [-0.4, -0.2) is 24.5 Å². The molecule has 4 rings (SSSR count). The van der Waals surface area contributed by atoms with E-state index in [2.05, 4.69) is 0 Å². The number of urea groups is 1. The molecule has 1 saturated heterocycles. The molecule has 0 atom stereocenters. The Labute approximate surface area is 243 Å². The van der Waals surface area contributed by atoms with E-state index in [9.17, 15) is 31.9 Å². The Morgan fingerprint density at radius 2 is 1.80 bits per heavy atom. The average molecular weight is 689 g/mol. The van der Waals surface area contributed by atoms with Crippen LogP contribution in [0.25, 0.3) is 6.08 Å². The smallest absolute Gasteiger partial charge is 0.416 e. The number of carbonyl (C=O) groups excluding carboxylic acids is 3. The van der Waals surface area contributed by atoms with Crippen LogP contribution >= 0.6 is 34.2 Å². The van der Waals surface area contributed by atoms with Gasteiger partial charge in [0.05, 0.1) is 26.5 Å². The Bertz CT molecular complexity index is 1540. The van der Waals surface area contributed by atoms with Crippen molar-refractivity contribution in [2.24, 2.45) is 0 Å². The monoisotopic (exact) mass is 688 g/mol. The van der Waals surface area contributed by atoms with Crippen LogP contribution in [0.3, 0.4) is 0 Å². The lowest BCUT2D eigenvalue weighted by Gasteiger charge is -2.27. The minimum Gasteiger partial charge on any atom is -0.490 e. The van der Waals surface area contributed by atoms with Crippen molar-refractivity contribution in [2.75, 3.05) is 11.5 Å². The highest BCUT2D eigenvalue weighted by atomic mass is 127. The number of benzene rings is 3. The average Bonchev–Trinajstić information content (AvgIpc) is 2.86. The molecule has 40 heavy (non-hydrogen) atoms. The van der Waals surface area contributed by atoms with Gasteiger partial charge in [-0.05, 0) is 89.2 Å². The van der Waals surface area contributed by atoms with E-state index in [0.717, 1.165) is 6.07 Å². The first kappa shape index (κ1) is 29.3. The third kappa shape index (κ3) is 6.39. The van der Waals surface area contributed by atoms with E-state index in [-0.39, 0.29) is 24.0 Å². The molecule has 208 valence electrons. The molecule has 1 aliphatic rings. The summed E-state index contributed by atoms with van der Waals surface area (Å²) in [6, 6.07) is 9.81. The lowest BCUT2D eigenvalue weighted by molar-refractivity contribution is -0.137. The largest absolute Gasteiger partial charge is 0.490 e. The fraction of sp³-hybridized carbons (Fsp3) is 0.148. The zero-order valence-electron chi connectivity index (χ0n) is 20.4. The second kappa shape index (κ2) is 11.8. The summed E-state index contributed by atoms with van der Waals surface area (Å²) in [6.45, 7) is 2.00. The van der Waals surface area contributed by atoms with Crippen LogP contribution in [0.15, 0.2) is 60.2 Å². The lowest BCUT2D eigenvalue weighted by Crippen LogP contribution is -2.54. The van der Waals surface area contributed by atoms with Gasteiger partial charge in [0.2, 0.25) is 0 Å². The van der Waals surface area contributed by atoms with E-state index in [4.69, 9.17) is 21.1 Å². The quantitative estimate of drug-likeness (QED) is 0.129. The van der Waals surface area contributed by atoms with Crippen LogP contribution in [-0.2, 0) is 22.4 Å². The molecule has 1 aliphatic heterocycles. The van der Waals surface area contributed by atoms with Crippen molar-refractivity contribution in [3.8, 4) is 11.5 Å². The number of rotatable bonds is 7. The molecule has 1 N–H and O–H groups in total. The maximum absolute atomic E-state index is 13.5. The Hall–Kier alpha value is -3.65. The van der Waals surface area contributed by atoms with E-state index in [0.29, 0.717) is 37.5 Å². The predicted molar refractivity (Wildman–Crippen MR) is 147 cm³/mol. The third-order valence-corrected chi connectivity index (χ3v) is 6.65. The lowest BCUT2D eigenvalue weighted by atomic mass is 10.1. The number of imide groups is 2. The molecule has 0 aromatic heterocycles. The van der Waals surface area contributed by atoms with Crippen LogP contribution in [0, 0.1) is 9.39 Å². The van der Waals surface area contributed by atoms with Crippen molar-refractivity contribution < 1.29 is 41.4 Å². The van der Waals surface area contributed by atoms with Gasteiger partial charge in [-0.15, -0.1) is 0 Å². The summed E-state index contributed by atoms with van der Waals surface area (Å²) in [5, 5.41) is 1.65. The SMILES string of the molecule is CCOc1cc(/C=C2/C(=O)NC(=O)N(c3cc(C(F)(F)F)ccc3Cl)C2=O)cc(I)c1OCc1cccc(F)c1. The van der Waals surface area contributed by atoms with Crippen molar-refractivity contribution in [1.29, 1.82) is 0 Å². The number of nitrogens with zero attached hydrogens (tertiary/aromatic N) is 1. The van der Waals surface area contributed by atoms with E-state index < -0.39 is 46.7 Å². The van der Waals surface area contributed by atoms with Crippen molar-refractivity contribution >= 4 is 63.8 Å². The van der Waals surface area contributed by atoms with Gasteiger partial charge in [-0.1, -0.05) is 23.7 Å². The van der Waals surface area contributed by atoms with Crippen LogP contribution in [0.4, 0.5) is 28.0 Å². The van der Waals surface area contributed by atoms with Crippen molar-refractivity contribution in [3.05, 3.63) is 91.3 Å². The molecule has 3 aromatic rings. The number of halogens is 6. The van der Waals surface area contributed by atoms with E-state index >= 15 is 0 Å². The molecule has 4 amide bonds. The number of nitrogens with one attached hydrogen (secondary N) is 1. The van der Waals surface area contributed by atoms with Crippen molar-refractivity contribution in [1.82, 2.24) is 5.32 Å². The van der Waals surface area contributed by atoms with Crippen molar-refractivity contribution in [3.63, 3.8) is 0 Å². The van der Waals surface area contributed by atoms with Gasteiger partial charge in [0.25, 0.3) is 11.8 Å². The number of amides is 4. The first-order chi connectivity index (χ1) is 18.9. The molecule has 7 nitrogen and oxygen atoms in total. The number of anilines is 1. The summed E-state index contributed by atoms with van der Waals surface area (Å²) in [5.74, 6) is -2.05. The Morgan fingerprint density at radius 1 is 1.05 bits per heavy atom. The standard InChI is InChI=1S/C27H18ClF4IN2O5/c1-2-39-22-11-15(10-20(33)23(22)40-13-14-4-3-5-17(29)8-14)9-18-24(36)34-26(38)35(25(18)37)21-12-16(27(30,31)32)6-7-19(21)28/h3-12H,2,13H2,1H3,(H,34,36,38)/b18-9-. The maximum Gasteiger partial charge on any atom is 0.416 e. The molecule has 1 heterocycles. The minimum absolute atomic E-state index is 0.0317. The first-order valence-corrected chi connectivity index (χ1v) is 13.0. The predicted octanol–water partition coefficient (Wildman–Crippen LogP) is 6.75. The highest BCUT2D eigenvalue weighted by Gasteiger charge is 2.39. The van der Waals surface area contributed by atoms with E-state index in [1.807, 2.05) is 27.9 Å². The molecule has 0 radical (unpaired) electrons. The molecule has 0 aliphatic carbocycles. The maximum atomic E-state index is 13.5. The summed E-state index contributed by atoms with van der Waals surface area (Å²) < 4.78 is 65.4.